The van der Waals surface area contributed by atoms with E-state index in [1.807, 2.05) is 31.2 Å². The van der Waals surface area contributed by atoms with E-state index in [1.54, 1.807) is 12.1 Å². The number of carbonyl (C=O) groups excluding carboxylic acids is 1. The molecule has 7 heteroatoms. The van der Waals surface area contributed by atoms with Crippen molar-refractivity contribution in [3.05, 3.63) is 106 Å². The van der Waals surface area contributed by atoms with Crippen molar-refractivity contribution in [2.45, 2.75) is 26.3 Å². The standard InChI is InChI=1S/C28H24ClN3O3/c1-16-3-13-22-23(14-4-16)27(18-5-7-19(29)8-6-18)31-24(28-26(22)17(2)32-35-28)15-25(34)30-20-9-11-21(33)12-10-20/h3-14,16,24,33H,15H2,1-2H3,(H,30,34)/t16?,24-/m0/s1. The molecule has 0 saturated heterocycles. The lowest BCUT2D eigenvalue weighted by Gasteiger charge is -2.13. The van der Waals surface area contributed by atoms with Crippen molar-refractivity contribution in [1.29, 1.82) is 0 Å². The van der Waals surface area contributed by atoms with Crippen molar-refractivity contribution in [3.63, 3.8) is 0 Å². The van der Waals surface area contributed by atoms with E-state index >= 15 is 0 Å². The van der Waals surface area contributed by atoms with Crippen molar-refractivity contribution in [2.75, 3.05) is 5.32 Å². The molecular formula is C28H24ClN3O3. The maximum absolute atomic E-state index is 13.0. The van der Waals surface area contributed by atoms with Crippen molar-refractivity contribution < 1.29 is 14.4 Å². The second-order valence-electron chi connectivity index (χ2n) is 8.71. The first-order valence-corrected chi connectivity index (χ1v) is 11.8. The van der Waals surface area contributed by atoms with Crippen LogP contribution < -0.4 is 5.32 Å². The molecule has 176 valence electrons. The number of phenols is 1. The average Bonchev–Trinajstić information content (AvgIpc) is 3.03. The maximum atomic E-state index is 13.0. The molecule has 2 aliphatic rings. The number of aromatic nitrogens is 1. The highest BCUT2D eigenvalue weighted by Crippen LogP contribution is 2.40. The Morgan fingerprint density at radius 2 is 1.74 bits per heavy atom. The largest absolute Gasteiger partial charge is 0.508 e. The van der Waals surface area contributed by atoms with Crippen LogP contribution in [-0.4, -0.2) is 21.9 Å². The molecule has 1 unspecified atom stereocenters. The van der Waals surface area contributed by atoms with Gasteiger partial charge in [-0.15, -0.1) is 0 Å². The minimum atomic E-state index is -0.583. The van der Waals surface area contributed by atoms with Crippen LogP contribution in [-0.2, 0) is 4.79 Å². The molecule has 2 aromatic carbocycles. The quantitative estimate of drug-likeness (QED) is 0.417. The van der Waals surface area contributed by atoms with Gasteiger partial charge in [-0.25, -0.2) is 0 Å². The molecule has 1 amide bonds. The number of benzene rings is 2. The number of fused-ring (bicyclic) bond motifs is 2. The highest BCUT2D eigenvalue weighted by Gasteiger charge is 2.32. The van der Waals surface area contributed by atoms with E-state index in [0.717, 1.165) is 33.7 Å². The molecular weight excluding hydrogens is 462 g/mol. The Bertz CT molecular complexity index is 1400. The van der Waals surface area contributed by atoms with Gasteiger partial charge >= 0.3 is 0 Å². The third-order valence-electron chi connectivity index (χ3n) is 6.07. The second kappa shape index (κ2) is 9.39. The number of carbonyl (C=O) groups is 1. The predicted molar refractivity (Wildman–Crippen MR) is 138 cm³/mol. The number of allylic oxidation sites excluding steroid dienone is 6. The number of halogens is 1. The number of nitrogens with zero attached hydrogens (tertiary/aromatic N) is 2. The third kappa shape index (κ3) is 4.70. The monoisotopic (exact) mass is 485 g/mol. The van der Waals surface area contributed by atoms with Gasteiger partial charge in [0.25, 0.3) is 0 Å². The van der Waals surface area contributed by atoms with Gasteiger partial charge in [-0.3, -0.25) is 9.79 Å². The molecule has 0 spiro atoms. The Morgan fingerprint density at radius 1 is 1.06 bits per heavy atom. The van der Waals surface area contributed by atoms with Crippen LogP contribution >= 0.6 is 11.6 Å². The number of nitrogens with one attached hydrogen (secondary N) is 1. The molecule has 0 bridgehead atoms. The van der Waals surface area contributed by atoms with Crippen molar-refractivity contribution >= 4 is 34.5 Å². The number of hydrogen-bond acceptors (Lipinski definition) is 5. The Morgan fingerprint density at radius 3 is 2.46 bits per heavy atom. The summed E-state index contributed by atoms with van der Waals surface area (Å²) >= 11 is 6.16. The molecule has 5 rings (SSSR count). The van der Waals surface area contributed by atoms with Gasteiger partial charge in [-0.05, 0) is 54.8 Å². The maximum Gasteiger partial charge on any atom is 0.227 e. The molecule has 0 radical (unpaired) electrons. The molecule has 2 N–H and O–H groups in total. The van der Waals surface area contributed by atoms with Gasteiger partial charge in [0.15, 0.2) is 5.76 Å². The number of phenolic OH excluding ortho intramolecular Hbond substituents is 1. The lowest BCUT2D eigenvalue weighted by atomic mass is 9.93. The number of rotatable bonds is 4. The van der Waals surface area contributed by atoms with Crippen LogP contribution in [0.25, 0.3) is 5.57 Å². The second-order valence-corrected chi connectivity index (χ2v) is 9.15. The average molecular weight is 486 g/mol. The zero-order valence-corrected chi connectivity index (χ0v) is 20.1. The lowest BCUT2D eigenvalue weighted by molar-refractivity contribution is -0.116. The Hall–Kier alpha value is -3.90. The molecule has 1 aromatic heterocycles. The summed E-state index contributed by atoms with van der Waals surface area (Å²) in [5, 5.41) is 17.3. The summed E-state index contributed by atoms with van der Waals surface area (Å²) in [5.74, 6) is 0.724. The number of aromatic hydroxyl groups is 1. The summed E-state index contributed by atoms with van der Waals surface area (Å²) < 4.78 is 5.78. The molecule has 0 saturated carbocycles. The summed E-state index contributed by atoms with van der Waals surface area (Å²) in [7, 11) is 0. The summed E-state index contributed by atoms with van der Waals surface area (Å²) in [6.07, 6.45) is 8.50. The van der Waals surface area contributed by atoms with Crippen molar-refractivity contribution in [3.8, 4) is 5.75 Å². The topological polar surface area (TPSA) is 87.7 Å². The first-order valence-electron chi connectivity index (χ1n) is 11.4. The molecule has 2 heterocycles. The minimum absolute atomic E-state index is 0.0595. The number of hydrogen-bond donors (Lipinski definition) is 2. The normalized spacial score (nSPS) is 18.9. The van der Waals surface area contributed by atoms with Gasteiger partial charge in [0.05, 0.1) is 23.4 Å². The fourth-order valence-electron chi connectivity index (χ4n) is 4.30. The van der Waals surface area contributed by atoms with Crippen LogP contribution in [0.5, 0.6) is 5.75 Å². The van der Waals surface area contributed by atoms with Gasteiger partial charge < -0.3 is 14.9 Å². The van der Waals surface area contributed by atoms with Crippen molar-refractivity contribution in [2.24, 2.45) is 10.9 Å². The first kappa shape index (κ1) is 22.9. The van der Waals surface area contributed by atoms with E-state index < -0.39 is 6.04 Å². The molecule has 0 fully saturated rings. The summed E-state index contributed by atoms with van der Waals surface area (Å²) in [5.41, 5.74) is 5.78. The summed E-state index contributed by atoms with van der Waals surface area (Å²) in [6.45, 7) is 4.02. The van der Waals surface area contributed by atoms with Gasteiger partial charge in [0.2, 0.25) is 5.91 Å². The highest BCUT2D eigenvalue weighted by atomic mass is 35.5. The van der Waals surface area contributed by atoms with E-state index in [2.05, 4.69) is 41.7 Å². The van der Waals surface area contributed by atoms with Crippen LogP contribution in [0.1, 0.15) is 42.0 Å². The molecule has 3 aromatic rings. The fraction of sp³-hybridized carbons (Fsp3) is 0.179. The third-order valence-corrected chi connectivity index (χ3v) is 6.32. The summed E-state index contributed by atoms with van der Waals surface area (Å²) in [4.78, 5) is 18.1. The number of anilines is 1. The predicted octanol–water partition coefficient (Wildman–Crippen LogP) is 6.43. The number of amides is 1. The van der Waals surface area contributed by atoms with Crippen LogP contribution in [0.3, 0.4) is 0 Å². The van der Waals surface area contributed by atoms with E-state index in [9.17, 15) is 9.90 Å². The summed E-state index contributed by atoms with van der Waals surface area (Å²) in [6, 6.07) is 13.3. The first-order chi connectivity index (χ1) is 16.9. The van der Waals surface area contributed by atoms with Gasteiger partial charge in [0.1, 0.15) is 11.8 Å². The number of aryl methyl sites for hydroxylation is 1. The lowest BCUT2D eigenvalue weighted by Crippen LogP contribution is -2.16. The van der Waals surface area contributed by atoms with Gasteiger partial charge in [-0.1, -0.05) is 60.1 Å². The smallest absolute Gasteiger partial charge is 0.227 e. The molecule has 1 aliphatic heterocycles. The SMILES string of the molecule is Cc1noc2c1C1=C(C=CC(C)C=C1)C(c1ccc(Cl)cc1)=N[C@H]2CC(=O)Nc1ccc(O)cc1. The minimum Gasteiger partial charge on any atom is -0.508 e. The van der Waals surface area contributed by atoms with Crippen LogP contribution in [0, 0.1) is 12.8 Å². The van der Waals surface area contributed by atoms with Gasteiger partial charge in [0, 0.05) is 21.8 Å². The van der Waals surface area contributed by atoms with Crippen molar-refractivity contribution in [1.82, 2.24) is 5.16 Å². The van der Waals surface area contributed by atoms with Crippen LogP contribution in [0.2, 0.25) is 5.02 Å². The van der Waals surface area contributed by atoms with Crippen LogP contribution in [0.4, 0.5) is 5.69 Å². The molecule has 6 nitrogen and oxygen atoms in total. The Balaban J connectivity index is 1.60. The Kier molecular flexibility index (Phi) is 6.14. The highest BCUT2D eigenvalue weighted by molar-refractivity contribution is 6.31. The molecule has 2 atom stereocenters. The zero-order valence-electron chi connectivity index (χ0n) is 19.3. The molecule has 35 heavy (non-hydrogen) atoms. The van der Waals surface area contributed by atoms with Gasteiger partial charge in [-0.2, -0.15) is 0 Å². The number of aliphatic imine (C=N–C) groups is 1. The van der Waals surface area contributed by atoms with E-state index in [-0.39, 0.29) is 24.0 Å². The van der Waals surface area contributed by atoms with E-state index in [4.69, 9.17) is 21.1 Å². The van der Waals surface area contributed by atoms with E-state index in [0.29, 0.717) is 16.5 Å². The van der Waals surface area contributed by atoms with Crippen LogP contribution in [0.15, 0.2) is 87.9 Å². The zero-order chi connectivity index (χ0) is 24.5. The van der Waals surface area contributed by atoms with E-state index in [1.165, 1.54) is 12.1 Å². The Labute approximate surface area is 208 Å². The fourth-order valence-corrected chi connectivity index (χ4v) is 4.43. The molecule has 1 aliphatic carbocycles.